The van der Waals surface area contributed by atoms with E-state index < -0.39 is 21.7 Å². The van der Waals surface area contributed by atoms with Crippen molar-refractivity contribution in [2.24, 2.45) is 0 Å². The van der Waals surface area contributed by atoms with Crippen molar-refractivity contribution in [3.63, 3.8) is 0 Å². The maximum absolute atomic E-state index is 13.3. The lowest BCUT2D eigenvalue weighted by atomic mass is 10.2. The second-order valence-corrected chi connectivity index (χ2v) is 7.92. The Balaban J connectivity index is 1.83. The molecule has 1 atom stereocenters. The summed E-state index contributed by atoms with van der Waals surface area (Å²) in [6, 6.07) is 11.0. The lowest BCUT2D eigenvalue weighted by Gasteiger charge is -2.32. The van der Waals surface area contributed by atoms with E-state index in [0.717, 1.165) is 6.07 Å². The number of carbonyl (C=O) groups excluding carboxylic acids is 1. The number of anilines is 1. The number of benzene rings is 2. The SMILES string of the molecule is CC1COCCN1S(=O)(=O)c1cccc(NC(=O)c2cccc(F)c2)c1. The average molecular weight is 378 g/mol. The summed E-state index contributed by atoms with van der Waals surface area (Å²) < 4.78 is 45.6. The number of nitrogens with one attached hydrogen (secondary N) is 1. The number of nitrogens with zero attached hydrogens (tertiary/aromatic N) is 1. The monoisotopic (exact) mass is 378 g/mol. The summed E-state index contributed by atoms with van der Waals surface area (Å²) in [7, 11) is -3.70. The number of sulfonamides is 1. The van der Waals surface area contributed by atoms with Gasteiger partial charge >= 0.3 is 0 Å². The molecule has 26 heavy (non-hydrogen) atoms. The number of halogens is 1. The molecule has 1 aliphatic heterocycles. The summed E-state index contributed by atoms with van der Waals surface area (Å²) in [6.07, 6.45) is 0. The molecule has 1 N–H and O–H groups in total. The Hall–Kier alpha value is -2.29. The molecule has 1 aliphatic rings. The molecular weight excluding hydrogens is 359 g/mol. The molecule has 138 valence electrons. The maximum atomic E-state index is 13.3. The molecular formula is C18H19FN2O4S. The van der Waals surface area contributed by atoms with Crippen LogP contribution in [0.2, 0.25) is 0 Å². The third-order valence-corrected chi connectivity index (χ3v) is 6.10. The van der Waals surface area contributed by atoms with Gasteiger partial charge in [-0.25, -0.2) is 12.8 Å². The topological polar surface area (TPSA) is 75.7 Å². The summed E-state index contributed by atoms with van der Waals surface area (Å²) in [4.78, 5) is 12.3. The van der Waals surface area contributed by atoms with Crippen LogP contribution in [0.3, 0.4) is 0 Å². The highest BCUT2D eigenvalue weighted by Crippen LogP contribution is 2.23. The molecule has 2 aromatic carbocycles. The average Bonchev–Trinajstić information content (AvgIpc) is 2.62. The Bertz CT molecular complexity index is 917. The Morgan fingerprint density at radius 2 is 2.00 bits per heavy atom. The van der Waals surface area contributed by atoms with Gasteiger partial charge in [-0.3, -0.25) is 4.79 Å². The zero-order valence-electron chi connectivity index (χ0n) is 14.2. The molecule has 1 heterocycles. The fourth-order valence-electron chi connectivity index (χ4n) is 2.77. The number of ether oxygens (including phenoxy) is 1. The molecule has 0 bridgehead atoms. The van der Waals surface area contributed by atoms with Crippen LogP contribution >= 0.6 is 0 Å². The predicted octanol–water partition coefficient (Wildman–Crippen LogP) is 2.49. The summed E-state index contributed by atoms with van der Waals surface area (Å²) in [6.45, 7) is 2.75. The van der Waals surface area contributed by atoms with Crippen molar-refractivity contribution in [1.82, 2.24) is 4.31 Å². The zero-order valence-corrected chi connectivity index (χ0v) is 15.0. The highest BCUT2D eigenvalue weighted by Gasteiger charge is 2.31. The molecule has 3 rings (SSSR count). The minimum Gasteiger partial charge on any atom is -0.378 e. The van der Waals surface area contributed by atoms with E-state index in [1.807, 2.05) is 0 Å². The van der Waals surface area contributed by atoms with Crippen molar-refractivity contribution in [3.05, 3.63) is 59.9 Å². The van der Waals surface area contributed by atoms with Crippen molar-refractivity contribution in [2.75, 3.05) is 25.1 Å². The van der Waals surface area contributed by atoms with Gasteiger partial charge in [0, 0.05) is 23.8 Å². The first kappa shape index (κ1) is 18.5. The number of hydrogen-bond donors (Lipinski definition) is 1. The van der Waals surface area contributed by atoms with Crippen LogP contribution in [0.5, 0.6) is 0 Å². The van der Waals surface area contributed by atoms with E-state index in [9.17, 15) is 17.6 Å². The first-order valence-corrected chi connectivity index (χ1v) is 9.58. The number of hydrogen-bond acceptors (Lipinski definition) is 4. The third kappa shape index (κ3) is 3.92. The number of amides is 1. The standard InChI is InChI=1S/C18H19FN2O4S/c1-13-12-25-9-8-21(13)26(23,24)17-7-3-6-16(11-17)20-18(22)14-4-2-5-15(19)10-14/h2-7,10-11,13H,8-9,12H2,1H3,(H,20,22). The van der Waals surface area contributed by atoms with Crippen molar-refractivity contribution in [1.29, 1.82) is 0 Å². The first-order valence-electron chi connectivity index (χ1n) is 8.14. The van der Waals surface area contributed by atoms with Gasteiger partial charge in [-0.1, -0.05) is 12.1 Å². The maximum Gasteiger partial charge on any atom is 0.255 e. The second-order valence-electron chi connectivity index (χ2n) is 6.03. The van der Waals surface area contributed by atoms with E-state index in [1.54, 1.807) is 19.1 Å². The Morgan fingerprint density at radius 3 is 2.73 bits per heavy atom. The molecule has 0 spiro atoms. The fourth-order valence-corrected chi connectivity index (χ4v) is 4.42. The Kier molecular flexibility index (Phi) is 5.36. The van der Waals surface area contributed by atoms with Gasteiger partial charge in [-0.2, -0.15) is 4.31 Å². The molecule has 0 aromatic heterocycles. The quantitative estimate of drug-likeness (QED) is 0.887. The highest BCUT2D eigenvalue weighted by atomic mass is 32.2. The van der Waals surface area contributed by atoms with Gasteiger partial charge in [0.25, 0.3) is 5.91 Å². The van der Waals surface area contributed by atoms with Crippen LogP contribution in [0.1, 0.15) is 17.3 Å². The van der Waals surface area contributed by atoms with Crippen LogP contribution in [-0.4, -0.2) is 44.4 Å². The first-order chi connectivity index (χ1) is 12.4. The second kappa shape index (κ2) is 7.53. The van der Waals surface area contributed by atoms with Gasteiger partial charge in [0.2, 0.25) is 10.0 Å². The van der Waals surface area contributed by atoms with Gasteiger partial charge < -0.3 is 10.1 Å². The molecule has 0 aliphatic carbocycles. The highest BCUT2D eigenvalue weighted by molar-refractivity contribution is 7.89. The molecule has 2 aromatic rings. The number of morpholine rings is 1. The van der Waals surface area contributed by atoms with E-state index in [1.165, 1.54) is 34.6 Å². The summed E-state index contributed by atoms with van der Waals surface area (Å²) in [5.41, 5.74) is 0.473. The van der Waals surface area contributed by atoms with Crippen molar-refractivity contribution in [2.45, 2.75) is 17.9 Å². The molecule has 6 nitrogen and oxygen atoms in total. The Labute approximate surface area is 151 Å². The molecule has 8 heteroatoms. The molecule has 0 saturated carbocycles. The van der Waals surface area contributed by atoms with Crippen molar-refractivity contribution < 1.29 is 22.3 Å². The van der Waals surface area contributed by atoms with Crippen LogP contribution in [0.4, 0.5) is 10.1 Å². The largest absolute Gasteiger partial charge is 0.378 e. The van der Waals surface area contributed by atoms with E-state index in [4.69, 9.17) is 4.74 Å². The number of carbonyl (C=O) groups is 1. The predicted molar refractivity (Wildman–Crippen MR) is 95.0 cm³/mol. The van der Waals surface area contributed by atoms with Crippen LogP contribution < -0.4 is 5.32 Å². The van der Waals surface area contributed by atoms with Gasteiger partial charge in [-0.15, -0.1) is 0 Å². The molecule has 1 amide bonds. The molecule has 0 radical (unpaired) electrons. The molecule has 1 fully saturated rings. The van der Waals surface area contributed by atoms with E-state index in [2.05, 4.69) is 5.32 Å². The van der Waals surface area contributed by atoms with Crippen molar-refractivity contribution in [3.8, 4) is 0 Å². The van der Waals surface area contributed by atoms with Gasteiger partial charge in [0.15, 0.2) is 0 Å². The third-order valence-electron chi connectivity index (χ3n) is 4.09. The lowest BCUT2D eigenvalue weighted by molar-refractivity contribution is 0.0393. The minimum atomic E-state index is -3.70. The summed E-state index contributed by atoms with van der Waals surface area (Å²) >= 11 is 0. The van der Waals surface area contributed by atoms with Crippen LogP contribution in [0.15, 0.2) is 53.4 Å². The lowest BCUT2D eigenvalue weighted by Crippen LogP contribution is -2.46. The zero-order chi connectivity index (χ0) is 18.7. The van der Waals surface area contributed by atoms with E-state index in [-0.39, 0.29) is 23.0 Å². The van der Waals surface area contributed by atoms with E-state index in [0.29, 0.717) is 18.9 Å². The molecule has 1 saturated heterocycles. The van der Waals surface area contributed by atoms with Gasteiger partial charge in [0.05, 0.1) is 18.1 Å². The van der Waals surface area contributed by atoms with Gasteiger partial charge in [0.1, 0.15) is 5.82 Å². The van der Waals surface area contributed by atoms with Crippen LogP contribution in [0.25, 0.3) is 0 Å². The normalized spacial score (nSPS) is 18.5. The van der Waals surface area contributed by atoms with Crippen LogP contribution in [0, 0.1) is 5.82 Å². The number of rotatable bonds is 4. The van der Waals surface area contributed by atoms with Crippen molar-refractivity contribution >= 4 is 21.6 Å². The smallest absolute Gasteiger partial charge is 0.255 e. The van der Waals surface area contributed by atoms with Gasteiger partial charge in [-0.05, 0) is 43.3 Å². The van der Waals surface area contributed by atoms with Crippen LogP contribution in [-0.2, 0) is 14.8 Å². The van der Waals surface area contributed by atoms with E-state index >= 15 is 0 Å². The Morgan fingerprint density at radius 1 is 1.23 bits per heavy atom. The minimum absolute atomic E-state index is 0.0864. The summed E-state index contributed by atoms with van der Waals surface area (Å²) in [5.74, 6) is -1.03. The fraction of sp³-hybridized carbons (Fsp3) is 0.278. The molecule has 1 unspecified atom stereocenters. The summed E-state index contributed by atoms with van der Waals surface area (Å²) in [5, 5.41) is 2.60.